The topological polar surface area (TPSA) is 109 Å². The smallest absolute Gasteiger partial charge is 0.267 e. The van der Waals surface area contributed by atoms with E-state index in [0.29, 0.717) is 33.9 Å². The summed E-state index contributed by atoms with van der Waals surface area (Å²) in [7, 11) is 0. The van der Waals surface area contributed by atoms with Crippen molar-refractivity contribution in [3.63, 3.8) is 0 Å². The Bertz CT molecular complexity index is 1430. The highest BCUT2D eigenvalue weighted by Crippen LogP contribution is 2.11. The number of pyridine rings is 2. The van der Waals surface area contributed by atoms with Crippen molar-refractivity contribution >= 4 is 23.2 Å². The van der Waals surface area contributed by atoms with Gasteiger partial charge in [0, 0.05) is 34.6 Å². The van der Waals surface area contributed by atoms with Gasteiger partial charge in [0.15, 0.2) is 0 Å². The van der Waals surface area contributed by atoms with Crippen LogP contribution in [0.2, 0.25) is 0 Å². The average molecular weight is 525 g/mol. The third kappa shape index (κ3) is 6.38. The fourth-order valence-electron chi connectivity index (χ4n) is 3.85. The molecule has 0 aliphatic rings. The molecule has 0 unspecified atom stereocenters. The van der Waals surface area contributed by atoms with E-state index in [4.69, 9.17) is 0 Å². The Morgan fingerprint density at radius 1 is 0.450 bits per heavy atom. The van der Waals surface area contributed by atoms with Gasteiger partial charge in [0.25, 0.3) is 11.8 Å². The minimum Gasteiger partial charge on any atom is -0.267 e. The van der Waals surface area contributed by atoms with Crippen LogP contribution in [0.1, 0.15) is 43.2 Å². The Morgan fingerprint density at radius 3 is 1.18 bits per heavy atom. The molecule has 0 bridgehead atoms. The molecule has 2 N–H and O–H groups in total. The Balaban J connectivity index is 1.30. The summed E-state index contributed by atoms with van der Waals surface area (Å²) in [5.41, 5.74) is 9.84. The summed E-state index contributed by atoms with van der Waals surface area (Å²) in [5.74, 6) is -0.841. The van der Waals surface area contributed by atoms with E-state index in [2.05, 4.69) is 31.0 Å². The van der Waals surface area contributed by atoms with E-state index < -0.39 is 11.8 Å². The predicted molar refractivity (Wildman–Crippen MR) is 154 cm³/mol. The molecular formula is C32H24N6O2. The molecule has 0 fully saturated rings. The van der Waals surface area contributed by atoms with Gasteiger partial charge in [0.1, 0.15) is 11.4 Å². The molecule has 0 atom stereocenters. The van der Waals surface area contributed by atoms with Crippen molar-refractivity contribution in [3.05, 3.63) is 167 Å². The third-order valence-electron chi connectivity index (χ3n) is 5.86. The molecule has 0 spiro atoms. The number of nitrogens with one attached hydrogen (secondary N) is 2. The van der Waals surface area contributed by atoms with Gasteiger partial charge in [-0.1, -0.05) is 72.8 Å². The van der Waals surface area contributed by atoms with E-state index in [-0.39, 0.29) is 0 Å². The van der Waals surface area contributed by atoms with Crippen molar-refractivity contribution in [2.24, 2.45) is 10.2 Å². The Hall–Kier alpha value is -5.76. The van der Waals surface area contributed by atoms with Crippen LogP contribution < -0.4 is 10.9 Å². The van der Waals surface area contributed by atoms with E-state index in [1.807, 2.05) is 97.1 Å². The van der Waals surface area contributed by atoms with Crippen molar-refractivity contribution in [3.8, 4) is 0 Å². The molecule has 0 saturated carbocycles. The first kappa shape index (κ1) is 25.9. The highest BCUT2D eigenvalue weighted by Gasteiger charge is 2.13. The fourth-order valence-corrected chi connectivity index (χ4v) is 3.85. The molecule has 40 heavy (non-hydrogen) atoms. The molecule has 0 saturated heterocycles. The molecule has 8 nitrogen and oxygen atoms in total. The number of amides is 2. The van der Waals surface area contributed by atoms with E-state index >= 15 is 0 Å². The van der Waals surface area contributed by atoms with Crippen molar-refractivity contribution < 1.29 is 9.59 Å². The predicted octanol–water partition coefficient (Wildman–Crippen LogP) is 4.84. The second kappa shape index (κ2) is 12.7. The van der Waals surface area contributed by atoms with Crippen LogP contribution in [-0.2, 0) is 0 Å². The monoisotopic (exact) mass is 524 g/mol. The first-order valence-corrected chi connectivity index (χ1v) is 12.5. The normalized spacial score (nSPS) is 11.5. The average Bonchev–Trinajstić information content (AvgIpc) is 3.03. The molecule has 2 aromatic heterocycles. The minimum absolute atomic E-state index is 0.343. The lowest BCUT2D eigenvalue weighted by Gasteiger charge is -2.08. The van der Waals surface area contributed by atoms with Gasteiger partial charge in [0.05, 0.1) is 11.4 Å². The lowest BCUT2D eigenvalue weighted by atomic mass is 10.1. The van der Waals surface area contributed by atoms with Gasteiger partial charge in [-0.2, -0.15) is 10.2 Å². The zero-order valence-corrected chi connectivity index (χ0v) is 21.3. The second-order valence-electron chi connectivity index (χ2n) is 8.54. The van der Waals surface area contributed by atoms with E-state index in [1.165, 1.54) is 0 Å². The SMILES string of the molecule is O=C(N/N=C(\c1ccccc1)c1ccccn1)c1ccc(C(=O)N/N=C(\c2ccccc2)c2ccccn2)cc1. The minimum atomic E-state index is -0.421. The number of carbonyl (C=O) groups excluding carboxylic acids is 2. The third-order valence-corrected chi connectivity index (χ3v) is 5.86. The maximum atomic E-state index is 12.9. The summed E-state index contributed by atoms with van der Waals surface area (Å²) in [5, 5.41) is 8.71. The number of nitrogens with zero attached hydrogens (tertiary/aromatic N) is 4. The molecule has 5 aromatic rings. The number of carbonyl (C=O) groups is 2. The molecule has 2 amide bonds. The van der Waals surface area contributed by atoms with Gasteiger partial charge in [0.2, 0.25) is 0 Å². The van der Waals surface area contributed by atoms with Gasteiger partial charge in [-0.15, -0.1) is 0 Å². The number of benzene rings is 3. The van der Waals surface area contributed by atoms with Gasteiger partial charge in [-0.05, 0) is 48.5 Å². The Labute approximate surface area is 231 Å². The van der Waals surface area contributed by atoms with Crippen molar-refractivity contribution in [2.45, 2.75) is 0 Å². The lowest BCUT2D eigenvalue weighted by Crippen LogP contribution is -2.22. The molecule has 3 aromatic carbocycles. The maximum Gasteiger partial charge on any atom is 0.271 e. The largest absolute Gasteiger partial charge is 0.271 e. The fraction of sp³-hybridized carbons (Fsp3) is 0. The van der Waals surface area contributed by atoms with E-state index in [9.17, 15) is 9.59 Å². The van der Waals surface area contributed by atoms with Crippen LogP contribution in [0.15, 0.2) is 144 Å². The molecule has 2 heterocycles. The summed E-state index contributed by atoms with van der Waals surface area (Å²) in [6.07, 6.45) is 3.34. The first-order chi connectivity index (χ1) is 19.7. The first-order valence-electron chi connectivity index (χ1n) is 12.5. The van der Waals surface area contributed by atoms with Crippen LogP contribution >= 0.6 is 0 Å². The summed E-state index contributed by atoms with van der Waals surface area (Å²) in [6.45, 7) is 0. The molecule has 0 aliphatic heterocycles. The summed E-state index contributed by atoms with van der Waals surface area (Å²) in [4.78, 5) is 34.4. The number of hydrazone groups is 2. The molecular weight excluding hydrogens is 500 g/mol. The van der Waals surface area contributed by atoms with Crippen LogP contribution in [0.4, 0.5) is 0 Å². The zero-order valence-electron chi connectivity index (χ0n) is 21.3. The molecule has 0 radical (unpaired) electrons. The van der Waals surface area contributed by atoms with Crippen LogP contribution in [0, 0.1) is 0 Å². The molecule has 5 rings (SSSR count). The Morgan fingerprint density at radius 2 is 0.825 bits per heavy atom. The maximum absolute atomic E-state index is 12.9. The standard InChI is InChI=1S/C32H24N6O2/c39-31(37-35-29(23-11-3-1-4-12-23)27-15-7-9-21-33-27)25-17-19-26(20-18-25)32(40)38-36-30(24-13-5-2-6-14-24)28-16-8-10-22-34-28/h1-22H,(H,37,39)(H,38,40)/b35-29+,36-30+. The number of rotatable bonds is 8. The number of hydrogen-bond acceptors (Lipinski definition) is 6. The highest BCUT2D eigenvalue weighted by molar-refractivity contribution is 6.13. The van der Waals surface area contributed by atoms with E-state index in [1.54, 1.807) is 36.7 Å². The van der Waals surface area contributed by atoms with Gasteiger partial charge < -0.3 is 0 Å². The van der Waals surface area contributed by atoms with Crippen molar-refractivity contribution in [1.29, 1.82) is 0 Å². The van der Waals surface area contributed by atoms with E-state index in [0.717, 1.165) is 11.1 Å². The van der Waals surface area contributed by atoms with Gasteiger partial charge in [-0.25, -0.2) is 10.9 Å². The molecule has 0 aliphatic carbocycles. The summed E-state index contributed by atoms with van der Waals surface area (Å²) in [6, 6.07) is 36.2. The highest BCUT2D eigenvalue weighted by atomic mass is 16.2. The van der Waals surface area contributed by atoms with Crippen molar-refractivity contribution in [2.75, 3.05) is 0 Å². The molecule has 8 heteroatoms. The lowest BCUT2D eigenvalue weighted by molar-refractivity contribution is 0.0943. The second-order valence-corrected chi connectivity index (χ2v) is 8.54. The number of hydrogen-bond donors (Lipinski definition) is 2. The summed E-state index contributed by atoms with van der Waals surface area (Å²) >= 11 is 0. The zero-order chi connectivity index (χ0) is 27.6. The van der Waals surface area contributed by atoms with Crippen LogP contribution in [-0.4, -0.2) is 33.2 Å². The van der Waals surface area contributed by atoms with Crippen LogP contribution in [0.25, 0.3) is 0 Å². The molecule has 194 valence electrons. The number of aromatic nitrogens is 2. The van der Waals surface area contributed by atoms with Gasteiger partial charge >= 0.3 is 0 Å². The van der Waals surface area contributed by atoms with Gasteiger partial charge in [-0.3, -0.25) is 19.6 Å². The van der Waals surface area contributed by atoms with Crippen LogP contribution in [0.5, 0.6) is 0 Å². The quantitative estimate of drug-likeness (QED) is 0.224. The van der Waals surface area contributed by atoms with Crippen molar-refractivity contribution in [1.82, 2.24) is 20.8 Å². The van der Waals surface area contributed by atoms with Crippen LogP contribution in [0.3, 0.4) is 0 Å². The Kier molecular flexibility index (Phi) is 8.19. The summed E-state index contributed by atoms with van der Waals surface area (Å²) < 4.78 is 0.